The Kier molecular flexibility index (Phi) is 45.1. The van der Waals surface area contributed by atoms with E-state index in [1.807, 2.05) is 0 Å². The topological polar surface area (TPSA) is 86.2 Å². The van der Waals surface area contributed by atoms with E-state index in [4.69, 9.17) is 19.2 Å². The standard InChI is InChI=1S/ClH.Mg.2Na.H3O4P/c;;;;1-5(2,3)4/h1H;;;;(H3,1,2,3,4)/q;+2;2*+1;/p-4. The quantitative estimate of drug-likeness (QED) is 0.287. The minimum atomic E-state index is -5.39. The second-order valence-corrected chi connectivity index (χ2v) is 1.34. The van der Waals surface area contributed by atoms with Gasteiger partial charge in [0.1, 0.15) is 0 Å². The second kappa shape index (κ2) is 13.7. The van der Waals surface area contributed by atoms with Crippen molar-refractivity contribution in [3.8, 4) is 0 Å². The van der Waals surface area contributed by atoms with Crippen molar-refractivity contribution in [3.05, 3.63) is 0 Å². The number of rotatable bonds is 0. The molecule has 0 atom stereocenters. The monoisotopic (exact) mass is 200 g/mol. The van der Waals surface area contributed by atoms with Crippen LogP contribution in [0.4, 0.5) is 0 Å². The van der Waals surface area contributed by atoms with Crippen LogP contribution in [0.5, 0.6) is 0 Å². The summed E-state index contributed by atoms with van der Waals surface area (Å²) in [6, 6.07) is 0. The zero-order valence-electron chi connectivity index (χ0n) is 5.17. The molecule has 0 saturated carbocycles. The van der Waals surface area contributed by atoms with Gasteiger partial charge in [-0.2, -0.15) is 7.82 Å². The van der Waals surface area contributed by atoms with E-state index in [0.717, 1.165) is 0 Å². The fourth-order valence-corrected chi connectivity index (χ4v) is 0. The third kappa shape index (κ3) is 93.6. The third-order valence-electron chi connectivity index (χ3n) is 0. The molecule has 0 N–H and O–H groups in total. The van der Waals surface area contributed by atoms with E-state index in [1.165, 1.54) is 0 Å². The van der Waals surface area contributed by atoms with Crippen molar-refractivity contribution in [2.45, 2.75) is 0 Å². The minimum absolute atomic E-state index is 0. The summed E-state index contributed by atoms with van der Waals surface area (Å²) in [7, 11) is -5.39. The molecule has 0 aromatic heterocycles. The SMILES string of the molecule is O=P([O-])([O-])[O-].[Cl-].[Mg+2].[Na+].[Na+]. The van der Waals surface area contributed by atoms with E-state index >= 15 is 0 Å². The first-order chi connectivity index (χ1) is 2.00. The van der Waals surface area contributed by atoms with Crippen molar-refractivity contribution in [2.75, 3.05) is 0 Å². The van der Waals surface area contributed by atoms with Crippen LogP contribution in [0.1, 0.15) is 0 Å². The van der Waals surface area contributed by atoms with Gasteiger partial charge in [-0.15, -0.1) is 0 Å². The van der Waals surface area contributed by atoms with Crippen LogP contribution in [0, 0.1) is 0 Å². The molecule has 0 unspecified atom stereocenters. The summed E-state index contributed by atoms with van der Waals surface area (Å²) in [5, 5.41) is 0. The van der Waals surface area contributed by atoms with Crippen molar-refractivity contribution in [3.63, 3.8) is 0 Å². The maximum absolute atomic E-state index is 8.55. The first-order valence-corrected chi connectivity index (χ1v) is 2.19. The van der Waals surface area contributed by atoms with E-state index in [0.29, 0.717) is 0 Å². The molecule has 0 spiro atoms. The van der Waals surface area contributed by atoms with Gasteiger partial charge in [-0.05, 0) is 0 Å². The van der Waals surface area contributed by atoms with Crippen molar-refractivity contribution < 1.29 is 90.8 Å². The fraction of sp³-hybridized carbons (Fsp3) is 0. The molecule has 0 aromatic carbocycles. The maximum atomic E-state index is 8.55. The second-order valence-electron chi connectivity index (χ2n) is 0.447. The molecule has 9 heteroatoms. The summed E-state index contributed by atoms with van der Waals surface area (Å²) >= 11 is 0. The molecular weight excluding hydrogens is 201 g/mol. The molecule has 4 nitrogen and oxygen atoms in total. The molecule has 40 valence electrons. The summed E-state index contributed by atoms with van der Waals surface area (Å²) in [5.74, 6) is 0. The number of halogens is 1. The van der Waals surface area contributed by atoms with Crippen LogP contribution in [0.3, 0.4) is 0 Å². The first kappa shape index (κ1) is 29.5. The molecule has 0 saturated heterocycles. The Morgan fingerprint density at radius 1 is 1.00 bits per heavy atom. The van der Waals surface area contributed by atoms with Crippen LogP contribution in [-0.4, -0.2) is 23.1 Å². The van der Waals surface area contributed by atoms with Crippen LogP contribution in [-0.2, 0) is 4.57 Å². The van der Waals surface area contributed by atoms with Crippen molar-refractivity contribution in [2.24, 2.45) is 0 Å². The van der Waals surface area contributed by atoms with Gasteiger partial charge < -0.3 is 31.7 Å². The van der Waals surface area contributed by atoms with Crippen molar-refractivity contribution in [1.82, 2.24) is 0 Å². The van der Waals surface area contributed by atoms with E-state index < -0.39 is 7.82 Å². The van der Waals surface area contributed by atoms with E-state index in [9.17, 15) is 0 Å². The maximum Gasteiger partial charge on any atom is 2.00 e. The summed E-state index contributed by atoms with van der Waals surface area (Å²) in [5.41, 5.74) is 0. The predicted molar refractivity (Wildman–Crippen MR) is 13.4 cm³/mol. The molecule has 9 heavy (non-hydrogen) atoms. The molecule has 0 aromatic rings. The largest absolute Gasteiger partial charge is 2.00 e. The number of hydrogen-bond donors (Lipinski definition) is 0. The zero-order chi connectivity index (χ0) is 4.50. The Hall–Kier alpha value is 3.17. The van der Waals surface area contributed by atoms with Gasteiger partial charge >= 0.3 is 82.2 Å². The third-order valence-corrected chi connectivity index (χ3v) is 0. The molecule has 0 amide bonds. The summed E-state index contributed by atoms with van der Waals surface area (Å²) in [6.45, 7) is 0. The molecule has 0 fully saturated rings. The molecule has 0 radical (unpaired) electrons. The van der Waals surface area contributed by atoms with Gasteiger partial charge in [0.15, 0.2) is 0 Å². The predicted octanol–water partition coefficient (Wildman–Crippen LogP) is -12.2. The smallest absolute Gasteiger partial charge is 1.00 e. The summed E-state index contributed by atoms with van der Waals surface area (Å²) in [6.07, 6.45) is 0. The van der Waals surface area contributed by atoms with Gasteiger partial charge in [0, 0.05) is 0 Å². The van der Waals surface area contributed by atoms with Crippen LogP contribution in [0.2, 0.25) is 0 Å². The number of hydrogen-bond acceptors (Lipinski definition) is 4. The Bertz CT molecular complexity index is 64.7. The van der Waals surface area contributed by atoms with Gasteiger partial charge in [0.25, 0.3) is 0 Å². The van der Waals surface area contributed by atoms with Crippen molar-refractivity contribution >= 4 is 30.9 Å². The molecule has 0 heterocycles. The van der Waals surface area contributed by atoms with Gasteiger partial charge in [-0.25, -0.2) is 0 Å². The first-order valence-electron chi connectivity index (χ1n) is 0.730. The molecule has 0 aliphatic heterocycles. The molecule has 0 rings (SSSR count). The van der Waals surface area contributed by atoms with Gasteiger partial charge in [-0.3, -0.25) is 0 Å². The van der Waals surface area contributed by atoms with Gasteiger partial charge in [-0.1, -0.05) is 0 Å². The summed E-state index contributed by atoms with van der Waals surface area (Å²) < 4.78 is 8.55. The van der Waals surface area contributed by atoms with Gasteiger partial charge in [0.05, 0.1) is 0 Å². The van der Waals surface area contributed by atoms with E-state index in [-0.39, 0.29) is 94.6 Å². The van der Waals surface area contributed by atoms with Crippen LogP contribution in [0.15, 0.2) is 0 Å². The average molecular weight is 201 g/mol. The minimum Gasteiger partial charge on any atom is -1.00 e. The molecule has 0 bridgehead atoms. The Morgan fingerprint density at radius 3 is 1.00 bits per heavy atom. The zero-order valence-corrected chi connectivity index (χ0v) is 12.2. The Labute approximate surface area is 120 Å². The average Bonchev–Trinajstić information content (AvgIpc) is 0.722. The summed E-state index contributed by atoms with van der Waals surface area (Å²) in [4.78, 5) is 25.6. The molecular formula is ClMgNa2O4P. The fourth-order valence-electron chi connectivity index (χ4n) is 0. The Balaban J connectivity index is -0.0000000133. The van der Waals surface area contributed by atoms with Crippen LogP contribution >= 0.6 is 7.82 Å². The van der Waals surface area contributed by atoms with Crippen LogP contribution in [0.25, 0.3) is 0 Å². The van der Waals surface area contributed by atoms with E-state index in [1.54, 1.807) is 0 Å². The molecule has 0 aliphatic rings. The Morgan fingerprint density at radius 2 is 1.00 bits per heavy atom. The molecule has 0 aliphatic carbocycles. The van der Waals surface area contributed by atoms with Crippen LogP contribution < -0.4 is 86.2 Å². The van der Waals surface area contributed by atoms with E-state index in [2.05, 4.69) is 0 Å². The normalized spacial score (nSPS) is 6.56. The van der Waals surface area contributed by atoms with Gasteiger partial charge in [0.2, 0.25) is 0 Å². The van der Waals surface area contributed by atoms with Crippen molar-refractivity contribution in [1.29, 1.82) is 0 Å². The number of phosphoric acid groups is 1.